The second kappa shape index (κ2) is 4.61. The van der Waals surface area contributed by atoms with E-state index in [-0.39, 0.29) is 16.6 Å². The van der Waals surface area contributed by atoms with Crippen LogP contribution in [0.3, 0.4) is 0 Å². The van der Waals surface area contributed by atoms with Gasteiger partial charge in [-0.25, -0.2) is 18.5 Å². The number of hydrogen-bond donors (Lipinski definition) is 2. The lowest BCUT2D eigenvalue weighted by Gasteiger charge is -2.00. The minimum Gasteiger partial charge on any atom is -0.386 e. The van der Waals surface area contributed by atoms with Crippen molar-refractivity contribution in [2.24, 2.45) is 15.9 Å². The van der Waals surface area contributed by atoms with Crippen molar-refractivity contribution in [3.8, 4) is 0 Å². The van der Waals surface area contributed by atoms with Crippen molar-refractivity contribution in [2.75, 3.05) is 5.88 Å². The summed E-state index contributed by atoms with van der Waals surface area (Å²) in [6, 6.07) is 5.84. The number of rotatable bonds is 3. The first-order valence-electron chi connectivity index (χ1n) is 3.95. The fourth-order valence-electron chi connectivity index (χ4n) is 0.926. The molecule has 1 rings (SSSR count). The number of halogens is 1. The van der Waals surface area contributed by atoms with Crippen molar-refractivity contribution >= 4 is 33.1 Å². The van der Waals surface area contributed by atoms with Crippen molar-refractivity contribution in [3.05, 3.63) is 24.3 Å². The van der Waals surface area contributed by atoms with Crippen molar-refractivity contribution in [3.63, 3.8) is 0 Å². The smallest absolute Gasteiger partial charge is 0.238 e. The van der Waals surface area contributed by atoms with Gasteiger partial charge >= 0.3 is 0 Å². The lowest BCUT2D eigenvalue weighted by atomic mass is 10.3. The van der Waals surface area contributed by atoms with Gasteiger partial charge in [-0.2, -0.15) is 0 Å². The molecule has 0 atom stereocenters. The van der Waals surface area contributed by atoms with E-state index in [0.717, 1.165) is 0 Å². The monoisotopic (exact) mass is 247 g/mol. The molecule has 0 fully saturated rings. The van der Waals surface area contributed by atoms with Crippen LogP contribution in [0.4, 0.5) is 5.69 Å². The number of sulfonamides is 1. The molecule has 0 aliphatic heterocycles. The van der Waals surface area contributed by atoms with Gasteiger partial charge in [0, 0.05) is 0 Å². The van der Waals surface area contributed by atoms with Gasteiger partial charge in [0.15, 0.2) is 0 Å². The van der Waals surface area contributed by atoms with Gasteiger partial charge in [-0.15, -0.1) is 11.6 Å². The Kier molecular flexibility index (Phi) is 3.67. The number of primary sulfonamides is 1. The summed E-state index contributed by atoms with van der Waals surface area (Å²) in [5.41, 5.74) is 5.80. The quantitative estimate of drug-likeness (QED) is 0.464. The molecular formula is C8H10ClN3O2S. The summed E-state index contributed by atoms with van der Waals surface area (Å²) in [5, 5.41) is 4.96. The van der Waals surface area contributed by atoms with E-state index in [1.807, 2.05) is 0 Å². The van der Waals surface area contributed by atoms with Gasteiger partial charge in [-0.1, -0.05) is 6.07 Å². The zero-order chi connectivity index (χ0) is 11.5. The van der Waals surface area contributed by atoms with Gasteiger partial charge in [-0.3, -0.25) is 0 Å². The van der Waals surface area contributed by atoms with Crippen molar-refractivity contribution in [1.82, 2.24) is 0 Å². The van der Waals surface area contributed by atoms with E-state index < -0.39 is 10.0 Å². The number of nitrogens with two attached hydrogens (primary N) is 2. The second-order valence-electron chi connectivity index (χ2n) is 2.78. The predicted molar refractivity (Wildman–Crippen MR) is 59.8 cm³/mol. The summed E-state index contributed by atoms with van der Waals surface area (Å²) in [6.07, 6.45) is 0. The molecule has 82 valence electrons. The molecule has 0 amide bonds. The second-order valence-corrected chi connectivity index (χ2v) is 4.61. The average molecular weight is 248 g/mol. The Labute approximate surface area is 92.8 Å². The fraction of sp³-hybridized carbons (Fsp3) is 0.125. The van der Waals surface area contributed by atoms with Crippen LogP contribution >= 0.6 is 11.6 Å². The summed E-state index contributed by atoms with van der Waals surface area (Å²) >= 11 is 5.43. The van der Waals surface area contributed by atoms with E-state index in [1.165, 1.54) is 18.2 Å². The average Bonchev–Trinajstić information content (AvgIpc) is 2.17. The summed E-state index contributed by atoms with van der Waals surface area (Å²) < 4.78 is 22.0. The van der Waals surface area contributed by atoms with E-state index in [2.05, 4.69) is 4.99 Å². The van der Waals surface area contributed by atoms with Crippen LogP contribution < -0.4 is 10.9 Å². The van der Waals surface area contributed by atoms with Crippen molar-refractivity contribution in [1.29, 1.82) is 0 Å². The van der Waals surface area contributed by atoms with Crippen LogP contribution in [0.2, 0.25) is 0 Å². The molecule has 1 aromatic rings. The summed E-state index contributed by atoms with van der Waals surface area (Å²) in [4.78, 5) is 3.89. The number of benzene rings is 1. The third kappa shape index (κ3) is 3.50. The molecule has 0 bridgehead atoms. The molecule has 0 spiro atoms. The van der Waals surface area contributed by atoms with Crippen molar-refractivity contribution in [2.45, 2.75) is 4.90 Å². The Hall–Kier alpha value is -1.11. The van der Waals surface area contributed by atoms with Crippen LogP contribution in [-0.4, -0.2) is 20.1 Å². The zero-order valence-electron chi connectivity index (χ0n) is 7.72. The Balaban J connectivity index is 3.15. The predicted octanol–water partition coefficient (Wildman–Crippen LogP) is 0.561. The van der Waals surface area contributed by atoms with E-state index in [1.54, 1.807) is 6.07 Å². The van der Waals surface area contributed by atoms with E-state index in [4.69, 9.17) is 22.5 Å². The first-order valence-corrected chi connectivity index (χ1v) is 6.03. The number of hydrogen-bond acceptors (Lipinski definition) is 3. The van der Waals surface area contributed by atoms with Gasteiger partial charge in [0.1, 0.15) is 5.84 Å². The van der Waals surface area contributed by atoms with Gasteiger partial charge in [0.05, 0.1) is 16.5 Å². The summed E-state index contributed by atoms with van der Waals surface area (Å²) in [7, 11) is -3.71. The highest BCUT2D eigenvalue weighted by molar-refractivity contribution is 7.89. The van der Waals surface area contributed by atoms with E-state index >= 15 is 0 Å². The number of alkyl halides is 1. The molecule has 0 saturated heterocycles. The normalized spacial score (nSPS) is 12.8. The highest BCUT2D eigenvalue weighted by Gasteiger charge is 2.07. The Bertz CT molecular complexity index is 484. The highest BCUT2D eigenvalue weighted by atomic mass is 35.5. The minimum atomic E-state index is -3.71. The Morgan fingerprint density at radius 1 is 1.47 bits per heavy atom. The fourth-order valence-corrected chi connectivity index (χ4v) is 1.54. The molecule has 7 heteroatoms. The highest BCUT2D eigenvalue weighted by Crippen LogP contribution is 2.16. The molecule has 0 aromatic heterocycles. The molecule has 0 saturated carbocycles. The van der Waals surface area contributed by atoms with Crippen LogP contribution in [0.5, 0.6) is 0 Å². The van der Waals surface area contributed by atoms with E-state index in [9.17, 15) is 8.42 Å². The molecule has 5 nitrogen and oxygen atoms in total. The number of amidine groups is 1. The Morgan fingerprint density at radius 2 is 2.13 bits per heavy atom. The maximum atomic E-state index is 11.0. The molecule has 0 heterocycles. The van der Waals surface area contributed by atoms with Gasteiger partial charge < -0.3 is 5.73 Å². The number of aliphatic imine (C=N–C) groups is 1. The van der Waals surface area contributed by atoms with Gasteiger partial charge in [0.25, 0.3) is 0 Å². The first kappa shape index (κ1) is 12.0. The standard InChI is InChI=1S/C8H10ClN3O2S/c9-5-8(10)12-6-2-1-3-7(4-6)15(11,13)14/h1-4H,5H2,(H2,10,12)(H2,11,13,14). The third-order valence-corrected chi connectivity index (χ3v) is 2.74. The SMILES string of the molecule is NC(CCl)=Nc1cccc(S(N)(=O)=O)c1. The molecule has 0 radical (unpaired) electrons. The van der Waals surface area contributed by atoms with Crippen LogP contribution in [0.15, 0.2) is 34.2 Å². The molecule has 4 N–H and O–H groups in total. The lowest BCUT2D eigenvalue weighted by molar-refractivity contribution is 0.598. The Morgan fingerprint density at radius 3 is 2.67 bits per heavy atom. The van der Waals surface area contributed by atoms with E-state index in [0.29, 0.717) is 5.69 Å². The minimum absolute atomic E-state index is 0.00822. The number of nitrogens with zero attached hydrogens (tertiary/aromatic N) is 1. The molecule has 0 unspecified atom stereocenters. The van der Waals surface area contributed by atoms with Crippen LogP contribution in [0.25, 0.3) is 0 Å². The van der Waals surface area contributed by atoms with Crippen LogP contribution in [-0.2, 0) is 10.0 Å². The third-order valence-electron chi connectivity index (χ3n) is 1.56. The van der Waals surface area contributed by atoms with Crippen LogP contribution in [0.1, 0.15) is 0 Å². The molecule has 1 aromatic carbocycles. The van der Waals surface area contributed by atoms with Crippen molar-refractivity contribution < 1.29 is 8.42 Å². The van der Waals surface area contributed by atoms with Crippen LogP contribution in [0, 0.1) is 0 Å². The maximum Gasteiger partial charge on any atom is 0.238 e. The molecule has 0 aliphatic carbocycles. The lowest BCUT2D eigenvalue weighted by Crippen LogP contribution is -2.13. The van der Waals surface area contributed by atoms with Gasteiger partial charge in [0.2, 0.25) is 10.0 Å². The summed E-state index contributed by atoms with van der Waals surface area (Å²) in [5.74, 6) is 0.294. The molecule has 0 aliphatic rings. The molecule has 15 heavy (non-hydrogen) atoms. The largest absolute Gasteiger partial charge is 0.386 e. The molecular weight excluding hydrogens is 238 g/mol. The zero-order valence-corrected chi connectivity index (χ0v) is 9.29. The summed E-state index contributed by atoms with van der Waals surface area (Å²) in [6.45, 7) is 0. The topological polar surface area (TPSA) is 98.5 Å². The maximum absolute atomic E-state index is 11.0. The first-order chi connectivity index (χ1) is 6.93. The van der Waals surface area contributed by atoms with Gasteiger partial charge in [-0.05, 0) is 18.2 Å².